The van der Waals surface area contributed by atoms with Crippen molar-refractivity contribution >= 4 is 12.0 Å². The van der Waals surface area contributed by atoms with Gasteiger partial charge in [-0.25, -0.2) is 0 Å². The molecule has 0 saturated heterocycles. The van der Waals surface area contributed by atoms with E-state index >= 15 is 0 Å². The monoisotopic (exact) mass is 352 g/mol. The van der Waals surface area contributed by atoms with Crippen LogP contribution in [0.25, 0.3) is 6.08 Å². The lowest BCUT2D eigenvalue weighted by atomic mass is 10.1. The Hall–Kier alpha value is -3.46. The van der Waals surface area contributed by atoms with E-state index in [-0.39, 0.29) is 5.57 Å². The number of hydrogen-bond donors (Lipinski definition) is 1. The molecule has 0 saturated carbocycles. The molecule has 0 aliphatic carbocycles. The van der Waals surface area contributed by atoms with Crippen LogP contribution in [0.2, 0.25) is 0 Å². The molecular weight excluding hydrogens is 332 g/mol. The van der Waals surface area contributed by atoms with Crippen LogP contribution in [-0.2, 0) is 11.3 Å². The molecule has 6 heteroatoms. The molecule has 0 aliphatic heterocycles. The molecule has 0 bridgehead atoms. The smallest absolute Gasteiger partial charge is 0.262 e. The van der Waals surface area contributed by atoms with Gasteiger partial charge >= 0.3 is 0 Å². The molecule has 0 spiro atoms. The Morgan fingerprint density at radius 2 is 1.65 bits per heavy atom. The maximum Gasteiger partial charge on any atom is 0.262 e. The van der Waals surface area contributed by atoms with Crippen LogP contribution in [0.5, 0.6) is 17.2 Å². The molecule has 0 atom stereocenters. The number of ether oxygens (including phenoxy) is 3. The van der Waals surface area contributed by atoms with E-state index in [1.807, 2.05) is 36.4 Å². The Bertz CT molecular complexity index is 839. The van der Waals surface area contributed by atoms with E-state index in [4.69, 9.17) is 14.2 Å². The summed E-state index contributed by atoms with van der Waals surface area (Å²) < 4.78 is 15.8. The molecule has 1 amide bonds. The van der Waals surface area contributed by atoms with Gasteiger partial charge in [0.1, 0.15) is 17.4 Å². The van der Waals surface area contributed by atoms with Crippen molar-refractivity contribution in [3.05, 3.63) is 59.2 Å². The number of nitriles is 1. The predicted molar refractivity (Wildman–Crippen MR) is 98.0 cm³/mol. The first-order valence-electron chi connectivity index (χ1n) is 7.86. The highest BCUT2D eigenvalue weighted by Crippen LogP contribution is 2.35. The van der Waals surface area contributed by atoms with E-state index in [0.29, 0.717) is 29.4 Å². The normalized spacial score (nSPS) is 10.6. The maximum absolute atomic E-state index is 12.3. The van der Waals surface area contributed by atoms with Crippen molar-refractivity contribution in [2.75, 3.05) is 21.3 Å². The fourth-order valence-corrected chi connectivity index (χ4v) is 2.34. The van der Waals surface area contributed by atoms with Gasteiger partial charge in [-0.15, -0.1) is 0 Å². The number of rotatable bonds is 7. The first-order chi connectivity index (χ1) is 12.6. The number of amides is 1. The van der Waals surface area contributed by atoms with E-state index in [2.05, 4.69) is 5.32 Å². The average molecular weight is 352 g/mol. The van der Waals surface area contributed by atoms with Crippen LogP contribution >= 0.6 is 0 Å². The lowest BCUT2D eigenvalue weighted by molar-refractivity contribution is -0.117. The zero-order valence-electron chi connectivity index (χ0n) is 14.9. The van der Waals surface area contributed by atoms with Crippen LogP contribution in [0.4, 0.5) is 0 Å². The second-order valence-electron chi connectivity index (χ2n) is 5.29. The van der Waals surface area contributed by atoms with Crippen molar-refractivity contribution in [3.8, 4) is 23.3 Å². The molecule has 0 aliphatic rings. The lowest BCUT2D eigenvalue weighted by Gasteiger charge is -2.12. The van der Waals surface area contributed by atoms with E-state index in [1.165, 1.54) is 27.4 Å². The van der Waals surface area contributed by atoms with Gasteiger partial charge in [0.2, 0.25) is 0 Å². The summed E-state index contributed by atoms with van der Waals surface area (Å²) in [7, 11) is 4.53. The summed E-state index contributed by atoms with van der Waals surface area (Å²) in [4.78, 5) is 12.3. The summed E-state index contributed by atoms with van der Waals surface area (Å²) in [5.41, 5.74) is 1.45. The molecule has 6 nitrogen and oxygen atoms in total. The van der Waals surface area contributed by atoms with Crippen molar-refractivity contribution in [1.29, 1.82) is 5.26 Å². The number of methoxy groups -OCH3 is 3. The highest BCUT2D eigenvalue weighted by Gasteiger charge is 2.14. The molecule has 2 aromatic rings. The summed E-state index contributed by atoms with van der Waals surface area (Å²) >= 11 is 0. The van der Waals surface area contributed by atoms with Gasteiger partial charge in [0, 0.05) is 18.2 Å². The SMILES string of the molecule is COc1cc(OC)c(OC)cc1/C=C(\C#N)C(=O)NCc1ccccc1. The predicted octanol–water partition coefficient (Wildman–Crippen LogP) is 2.94. The first kappa shape index (κ1) is 18.9. The Kier molecular flexibility index (Phi) is 6.63. The summed E-state index contributed by atoms with van der Waals surface area (Å²) in [6.07, 6.45) is 1.46. The van der Waals surface area contributed by atoms with Crippen LogP contribution in [-0.4, -0.2) is 27.2 Å². The minimum absolute atomic E-state index is 0.0357. The molecule has 134 valence electrons. The standard InChI is InChI=1S/C20H20N2O4/c1-24-17-11-19(26-3)18(25-2)10-15(17)9-16(12-21)20(23)22-13-14-7-5-4-6-8-14/h4-11H,13H2,1-3H3,(H,22,23)/b16-9+. The van der Waals surface area contributed by atoms with Gasteiger partial charge in [0.25, 0.3) is 5.91 Å². The summed E-state index contributed by atoms with van der Waals surface area (Å²) in [5.74, 6) is 0.967. The molecule has 26 heavy (non-hydrogen) atoms. The zero-order chi connectivity index (χ0) is 18.9. The molecule has 0 unspecified atom stereocenters. The van der Waals surface area contributed by atoms with Gasteiger partial charge in [-0.2, -0.15) is 5.26 Å². The van der Waals surface area contributed by atoms with E-state index in [1.54, 1.807) is 12.1 Å². The quantitative estimate of drug-likeness (QED) is 0.612. The van der Waals surface area contributed by atoms with Gasteiger partial charge in [0.15, 0.2) is 11.5 Å². The van der Waals surface area contributed by atoms with Crippen molar-refractivity contribution < 1.29 is 19.0 Å². The van der Waals surface area contributed by atoms with Gasteiger partial charge in [-0.1, -0.05) is 30.3 Å². The molecule has 1 N–H and O–H groups in total. The summed E-state index contributed by atoms with van der Waals surface area (Å²) in [6.45, 7) is 0.335. The zero-order valence-corrected chi connectivity index (χ0v) is 14.9. The van der Waals surface area contributed by atoms with Crippen molar-refractivity contribution in [2.45, 2.75) is 6.54 Å². The molecule has 2 rings (SSSR count). The average Bonchev–Trinajstić information content (AvgIpc) is 2.70. The molecule has 0 aromatic heterocycles. The molecule has 0 fully saturated rings. The Morgan fingerprint density at radius 3 is 2.23 bits per heavy atom. The third-order valence-corrected chi connectivity index (χ3v) is 3.70. The van der Waals surface area contributed by atoms with E-state index < -0.39 is 5.91 Å². The van der Waals surface area contributed by atoms with E-state index in [9.17, 15) is 10.1 Å². The van der Waals surface area contributed by atoms with Crippen LogP contribution in [0.1, 0.15) is 11.1 Å². The number of nitrogens with zero attached hydrogens (tertiary/aromatic N) is 1. The number of hydrogen-bond acceptors (Lipinski definition) is 5. The van der Waals surface area contributed by atoms with E-state index in [0.717, 1.165) is 5.56 Å². The minimum Gasteiger partial charge on any atom is -0.496 e. The third-order valence-electron chi connectivity index (χ3n) is 3.70. The van der Waals surface area contributed by atoms with Gasteiger partial charge in [0.05, 0.1) is 21.3 Å². The number of nitrogens with one attached hydrogen (secondary N) is 1. The first-order valence-corrected chi connectivity index (χ1v) is 7.86. The fourth-order valence-electron chi connectivity index (χ4n) is 2.34. The third kappa shape index (κ3) is 4.54. The Balaban J connectivity index is 2.27. The highest BCUT2D eigenvalue weighted by atomic mass is 16.5. The van der Waals surface area contributed by atoms with Crippen LogP contribution in [0.15, 0.2) is 48.0 Å². The van der Waals surface area contributed by atoms with Gasteiger partial charge in [-0.05, 0) is 17.7 Å². The van der Waals surface area contributed by atoms with Crippen LogP contribution < -0.4 is 19.5 Å². The Labute approximate surface area is 152 Å². The van der Waals surface area contributed by atoms with Crippen molar-refractivity contribution in [3.63, 3.8) is 0 Å². The van der Waals surface area contributed by atoms with Crippen molar-refractivity contribution in [2.24, 2.45) is 0 Å². The molecule has 0 heterocycles. The summed E-state index contributed by atoms with van der Waals surface area (Å²) in [5, 5.41) is 12.1. The maximum atomic E-state index is 12.3. The highest BCUT2D eigenvalue weighted by molar-refractivity contribution is 6.02. The number of carbonyl (C=O) groups excluding carboxylic acids is 1. The molecule has 2 aromatic carbocycles. The topological polar surface area (TPSA) is 80.6 Å². The van der Waals surface area contributed by atoms with Gasteiger partial charge < -0.3 is 19.5 Å². The minimum atomic E-state index is -0.465. The number of benzene rings is 2. The van der Waals surface area contributed by atoms with Gasteiger partial charge in [-0.3, -0.25) is 4.79 Å². The number of carbonyl (C=O) groups is 1. The second kappa shape index (κ2) is 9.14. The van der Waals surface area contributed by atoms with Crippen LogP contribution in [0.3, 0.4) is 0 Å². The fraction of sp³-hybridized carbons (Fsp3) is 0.200. The van der Waals surface area contributed by atoms with Crippen LogP contribution in [0, 0.1) is 11.3 Å². The second-order valence-corrected chi connectivity index (χ2v) is 5.29. The van der Waals surface area contributed by atoms with Crippen molar-refractivity contribution in [1.82, 2.24) is 5.32 Å². The lowest BCUT2D eigenvalue weighted by Crippen LogP contribution is -2.23. The molecular formula is C20H20N2O4. The largest absolute Gasteiger partial charge is 0.496 e. The molecule has 0 radical (unpaired) electrons. The Morgan fingerprint density at radius 1 is 1.04 bits per heavy atom. The summed E-state index contributed by atoms with van der Waals surface area (Å²) in [6, 6.07) is 14.7.